The van der Waals surface area contributed by atoms with E-state index in [1.54, 1.807) is 31.5 Å². The lowest BCUT2D eigenvalue weighted by atomic mass is 10.0. The molecule has 0 fully saturated rings. The summed E-state index contributed by atoms with van der Waals surface area (Å²) >= 11 is 0. The average molecular weight is 415 g/mol. The van der Waals surface area contributed by atoms with Crippen molar-refractivity contribution in [2.45, 2.75) is 13.8 Å². The van der Waals surface area contributed by atoms with Gasteiger partial charge < -0.3 is 15.2 Å². The van der Waals surface area contributed by atoms with Gasteiger partial charge in [-0.25, -0.2) is 19.7 Å². The van der Waals surface area contributed by atoms with Crippen molar-refractivity contribution in [1.82, 2.24) is 15.0 Å². The van der Waals surface area contributed by atoms with Crippen molar-refractivity contribution in [2.24, 2.45) is 0 Å². The summed E-state index contributed by atoms with van der Waals surface area (Å²) in [5, 5.41) is 4.42. The largest absolute Gasteiger partial charge is 0.450 e. The summed E-state index contributed by atoms with van der Waals surface area (Å²) in [7, 11) is 0. The number of aromatic nitrogens is 3. The Morgan fingerprint density at radius 3 is 2.71 bits per heavy atom. The molecule has 4 aromatic rings. The molecule has 2 heterocycles. The van der Waals surface area contributed by atoms with Gasteiger partial charge in [0.05, 0.1) is 23.6 Å². The maximum Gasteiger partial charge on any atom is 0.411 e. The van der Waals surface area contributed by atoms with Crippen LogP contribution in [-0.2, 0) is 4.74 Å². The molecule has 0 saturated heterocycles. The Bertz CT molecular complexity index is 1260. The number of pyridine rings is 1. The van der Waals surface area contributed by atoms with E-state index in [1.807, 2.05) is 43.3 Å². The highest BCUT2D eigenvalue weighted by molar-refractivity contribution is 6.03. The van der Waals surface area contributed by atoms with E-state index in [0.29, 0.717) is 35.2 Å². The number of fused-ring (bicyclic) bond motifs is 1. The van der Waals surface area contributed by atoms with Gasteiger partial charge in [0, 0.05) is 23.2 Å². The Balaban J connectivity index is 1.78. The number of nitrogens with zero attached hydrogens (tertiary/aromatic N) is 3. The van der Waals surface area contributed by atoms with Gasteiger partial charge in [-0.3, -0.25) is 5.32 Å². The van der Waals surface area contributed by atoms with E-state index in [1.165, 1.54) is 0 Å². The fourth-order valence-electron chi connectivity index (χ4n) is 3.25. The van der Waals surface area contributed by atoms with Gasteiger partial charge in [-0.05, 0) is 43.7 Å². The predicted octanol–water partition coefficient (Wildman–Crippen LogP) is 4.94. The quantitative estimate of drug-likeness (QED) is 0.474. The SMILES string of the molecule is CCOC(=O)Nc1cccc2c(Oc3ncccc3-c3ccnc(N)n3)c(C)ccc12. The Morgan fingerprint density at radius 2 is 1.90 bits per heavy atom. The molecule has 0 aliphatic rings. The highest BCUT2D eigenvalue weighted by Gasteiger charge is 2.16. The van der Waals surface area contributed by atoms with Gasteiger partial charge in [-0.15, -0.1) is 0 Å². The number of ether oxygens (including phenoxy) is 2. The van der Waals surface area contributed by atoms with Gasteiger partial charge in [-0.2, -0.15) is 0 Å². The van der Waals surface area contributed by atoms with Gasteiger partial charge in [-0.1, -0.05) is 24.3 Å². The third-order valence-corrected chi connectivity index (χ3v) is 4.64. The van der Waals surface area contributed by atoms with E-state index in [-0.39, 0.29) is 5.95 Å². The molecule has 2 aromatic carbocycles. The lowest BCUT2D eigenvalue weighted by molar-refractivity contribution is 0.168. The first-order valence-corrected chi connectivity index (χ1v) is 9.74. The second-order valence-electron chi connectivity index (χ2n) is 6.72. The third kappa shape index (κ3) is 4.23. The van der Waals surface area contributed by atoms with Crippen LogP contribution < -0.4 is 15.8 Å². The van der Waals surface area contributed by atoms with E-state index in [0.717, 1.165) is 16.3 Å². The fraction of sp³-hybridized carbons (Fsp3) is 0.130. The predicted molar refractivity (Wildman–Crippen MR) is 119 cm³/mol. The molecule has 0 radical (unpaired) electrons. The standard InChI is InChI=1S/C23H21N5O3/c1-3-30-23(29)28-18-8-4-6-16-15(18)10-9-14(2)20(16)31-21-17(7-5-12-25-21)19-11-13-26-22(24)27-19/h4-13H,3H2,1-2H3,(H,28,29)(H2,24,26,27). The van der Waals surface area contributed by atoms with Crippen LogP contribution in [0, 0.1) is 6.92 Å². The number of nitrogen functional groups attached to an aromatic ring is 1. The van der Waals surface area contributed by atoms with Crippen molar-refractivity contribution < 1.29 is 14.3 Å². The zero-order valence-electron chi connectivity index (χ0n) is 17.1. The lowest BCUT2D eigenvalue weighted by Crippen LogP contribution is -2.13. The maximum absolute atomic E-state index is 11.9. The summed E-state index contributed by atoms with van der Waals surface area (Å²) in [6, 6.07) is 14.9. The minimum absolute atomic E-state index is 0.170. The van der Waals surface area contributed by atoms with Crippen LogP contribution in [0.25, 0.3) is 22.0 Å². The van der Waals surface area contributed by atoms with Crippen LogP contribution in [0.4, 0.5) is 16.4 Å². The molecule has 3 N–H and O–H groups in total. The molecular weight excluding hydrogens is 394 g/mol. The molecule has 4 rings (SSSR count). The first-order chi connectivity index (χ1) is 15.1. The van der Waals surface area contributed by atoms with Crippen molar-refractivity contribution in [1.29, 1.82) is 0 Å². The molecule has 0 saturated carbocycles. The van der Waals surface area contributed by atoms with Crippen LogP contribution in [0.1, 0.15) is 12.5 Å². The second kappa shape index (κ2) is 8.66. The van der Waals surface area contributed by atoms with Crippen molar-refractivity contribution >= 4 is 28.5 Å². The van der Waals surface area contributed by atoms with E-state index >= 15 is 0 Å². The van der Waals surface area contributed by atoms with Crippen LogP contribution in [-0.4, -0.2) is 27.7 Å². The number of hydrogen-bond acceptors (Lipinski definition) is 7. The maximum atomic E-state index is 11.9. The van der Waals surface area contributed by atoms with Crippen molar-refractivity contribution in [3.05, 3.63) is 66.5 Å². The number of carbonyl (C=O) groups excluding carboxylic acids is 1. The number of aryl methyl sites for hydroxylation is 1. The Hall–Kier alpha value is -4.20. The number of hydrogen-bond donors (Lipinski definition) is 2. The monoisotopic (exact) mass is 415 g/mol. The number of nitrogens with one attached hydrogen (secondary N) is 1. The highest BCUT2D eigenvalue weighted by atomic mass is 16.5. The van der Waals surface area contributed by atoms with E-state index in [9.17, 15) is 4.79 Å². The molecule has 8 nitrogen and oxygen atoms in total. The number of benzene rings is 2. The lowest BCUT2D eigenvalue weighted by Gasteiger charge is -2.15. The average Bonchev–Trinajstić information content (AvgIpc) is 2.76. The van der Waals surface area contributed by atoms with E-state index in [2.05, 4.69) is 20.3 Å². The third-order valence-electron chi connectivity index (χ3n) is 4.64. The molecule has 0 unspecified atom stereocenters. The molecule has 0 aliphatic heterocycles. The molecule has 31 heavy (non-hydrogen) atoms. The van der Waals surface area contributed by atoms with Crippen LogP contribution in [0.15, 0.2) is 60.9 Å². The number of rotatable bonds is 5. The number of carbonyl (C=O) groups is 1. The highest BCUT2D eigenvalue weighted by Crippen LogP contribution is 2.38. The number of anilines is 2. The molecule has 0 atom stereocenters. The summed E-state index contributed by atoms with van der Waals surface area (Å²) < 4.78 is 11.3. The van der Waals surface area contributed by atoms with Gasteiger partial charge in [0.25, 0.3) is 0 Å². The molecule has 8 heteroatoms. The molecular formula is C23H21N5O3. The minimum Gasteiger partial charge on any atom is -0.450 e. The van der Waals surface area contributed by atoms with Gasteiger partial charge >= 0.3 is 6.09 Å². The van der Waals surface area contributed by atoms with Gasteiger partial charge in [0.15, 0.2) is 0 Å². The number of nitrogens with two attached hydrogens (primary N) is 1. The zero-order valence-corrected chi connectivity index (χ0v) is 17.1. The summed E-state index contributed by atoms with van der Waals surface area (Å²) in [4.78, 5) is 24.6. The van der Waals surface area contributed by atoms with Gasteiger partial charge in [0.2, 0.25) is 11.8 Å². The topological polar surface area (TPSA) is 112 Å². The summed E-state index contributed by atoms with van der Waals surface area (Å²) in [5.41, 5.74) is 8.59. The molecule has 2 aromatic heterocycles. The van der Waals surface area contributed by atoms with Crippen molar-refractivity contribution in [3.8, 4) is 22.9 Å². The Morgan fingerprint density at radius 1 is 1.03 bits per heavy atom. The summed E-state index contributed by atoms with van der Waals surface area (Å²) in [6.45, 7) is 4.00. The van der Waals surface area contributed by atoms with Crippen molar-refractivity contribution in [2.75, 3.05) is 17.7 Å². The fourth-order valence-corrected chi connectivity index (χ4v) is 3.25. The van der Waals surface area contributed by atoms with Crippen LogP contribution in [0.5, 0.6) is 11.6 Å². The Kier molecular flexibility index (Phi) is 5.61. The van der Waals surface area contributed by atoms with Crippen LogP contribution in [0.2, 0.25) is 0 Å². The first kappa shape index (κ1) is 20.1. The summed E-state index contributed by atoms with van der Waals surface area (Å²) in [6.07, 6.45) is 2.73. The van der Waals surface area contributed by atoms with Crippen LogP contribution >= 0.6 is 0 Å². The van der Waals surface area contributed by atoms with Crippen molar-refractivity contribution in [3.63, 3.8) is 0 Å². The molecule has 156 valence electrons. The molecule has 0 bridgehead atoms. The smallest absolute Gasteiger partial charge is 0.411 e. The first-order valence-electron chi connectivity index (χ1n) is 9.74. The molecule has 0 aliphatic carbocycles. The Labute approximate surface area is 179 Å². The van der Waals surface area contributed by atoms with E-state index in [4.69, 9.17) is 15.2 Å². The zero-order chi connectivity index (χ0) is 21.8. The molecule has 0 spiro atoms. The van der Waals surface area contributed by atoms with E-state index < -0.39 is 6.09 Å². The second-order valence-corrected chi connectivity index (χ2v) is 6.72. The molecule has 1 amide bonds. The van der Waals surface area contributed by atoms with Gasteiger partial charge in [0.1, 0.15) is 5.75 Å². The number of amides is 1. The normalized spacial score (nSPS) is 10.6. The summed E-state index contributed by atoms with van der Waals surface area (Å²) in [5.74, 6) is 1.19. The van der Waals surface area contributed by atoms with Crippen LogP contribution in [0.3, 0.4) is 0 Å². The minimum atomic E-state index is -0.508.